The summed E-state index contributed by atoms with van der Waals surface area (Å²) < 4.78 is 51.7. The topological polar surface area (TPSA) is 92.3 Å². The second-order valence-corrected chi connectivity index (χ2v) is 8.78. The summed E-state index contributed by atoms with van der Waals surface area (Å²) in [5.74, 6) is 0.0115. The second kappa shape index (κ2) is 7.51. The van der Waals surface area contributed by atoms with Gasteiger partial charge in [-0.1, -0.05) is 15.9 Å². The monoisotopic (exact) mass is 384 g/mol. The lowest BCUT2D eigenvalue weighted by Crippen LogP contribution is -2.30. The van der Waals surface area contributed by atoms with Crippen molar-refractivity contribution in [1.82, 2.24) is 9.44 Å². The van der Waals surface area contributed by atoms with Crippen LogP contribution in [0.2, 0.25) is 0 Å². The maximum atomic E-state index is 11.9. The van der Waals surface area contributed by atoms with Crippen LogP contribution in [0.25, 0.3) is 0 Å². The van der Waals surface area contributed by atoms with Crippen LogP contribution < -0.4 is 9.44 Å². The Morgan fingerprint density at radius 2 is 1.55 bits per heavy atom. The molecule has 0 bridgehead atoms. The van der Waals surface area contributed by atoms with E-state index < -0.39 is 20.0 Å². The number of benzene rings is 1. The molecule has 1 rings (SSSR count). The first-order valence-corrected chi connectivity index (χ1v) is 9.92. The van der Waals surface area contributed by atoms with Gasteiger partial charge in [0.2, 0.25) is 20.0 Å². The molecule has 0 aliphatic carbocycles. The zero-order valence-electron chi connectivity index (χ0n) is 11.0. The summed E-state index contributed by atoms with van der Waals surface area (Å²) in [6, 6.07) is 6.27. The van der Waals surface area contributed by atoms with Crippen molar-refractivity contribution in [2.24, 2.45) is 0 Å². The molecule has 0 spiro atoms. The highest BCUT2D eigenvalue weighted by molar-refractivity contribution is 9.10. The largest absolute Gasteiger partial charge is 0.240 e. The average Bonchev–Trinajstić information content (AvgIpc) is 2.38. The SMILES string of the molecule is CCS(=O)(=O)NCCCNS(=O)(=O)c1ccc(Br)cc1. The van der Waals surface area contributed by atoms with Crippen LogP contribution in [0.4, 0.5) is 0 Å². The first kappa shape index (κ1) is 17.6. The van der Waals surface area contributed by atoms with Crippen molar-refractivity contribution < 1.29 is 16.8 Å². The Balaban J connectivity index is 2.43. The average molecular weight is 385 g/mol. The number of nitrogens with one attached hydrogen (secondary N) is 2. The molecular weight excluding hydrogens is 368 g/mol. The van der Waals surface area contributed by atoms with Crippen LogP contribution in [0.15, 0.2) is 33.6 Å². The van der Waals surface area contributed by atoms with Gasteiger partial charge in [-0.3, -0.25) is 0 Å². The fourth-order valence-electron chi connectivity index (χ4n) is 1.32. The van der Waals surface area contributed by atoms with Crippen LogP contribution in [-0.4, -0.2) is 35.7 Å². The molecule has 0 heterocycles. The van der Waals surface area contributed by atoms with Crippen LogP contribution in [0.3, 0.4) is 0 Å². The smallest absolute Gasteiger partial charge is 0.215 e. The molecule has 0 unspecified atom stereocenters. The van der Waals surface area contributed by atoms with Crippen molar-refractivity contribution in [3.63, 3.8) is 0 Å². The van der Waals surface area contributed by atoms with Gasteiger partial charge in [0.25, 0.3) is 0 Å². The third-order valence-corrected chi connectivity index (χ3v) is 5.88. The number of hydrogen-bond acceptors (Lipinski definition) is 4. The zero-order valence-corrected chi connectivity index (χ0v) is 14.2. The normalized spacial score (nSPS) is 12.5. The highest BCUT2D eigenvalue weighted by Crippen LogP contribution is 2.14. The minimum absolute atomic E-state index is 0.0115. The van der Waals surface area contributed by atoms with E-state index in [9.17, 15) is 16.8 Å². The molecule has 0 fully saturated rings. The van der Waals surface area contributed by atoms with Gasteiger partial charge in [-0.2, -0.15) is 0 Å². The van der Waals surface area contributed by atoms with Gasteiger partial charge in [-0.25, -0.2) is 26.3 Å². The Bertz CT molecular complexity index is 627. The van der Waals surface area contributed by atoms with Gasteiger partial charge in [-0.05, 0) is 37.6 Å². The molecule has 0 aliphatic heterocycles. The highest BCUT2D eigenvalue weighted by Gasteiger charge is 2.13. The Morgan fingerprint density at radius 1 is 1.00 bits per heavy atom. The van der Waals surface area contributed by atoms with Gasteiger partial charge >= 0.3 is 0 Å². The summed E-state index contributed by atoms with van der Waals surface area (Å²) in [5, 5.41) is 0. The van der Waals surface area contributed by atoms with E-state index in [1.165, 1.54) is 12.1 Å². The van der Waals surface area contributed by atoms with Crippen molar-refractivity contribution in [2.45, 2.75) is 18.2 Å². The van der Waals surface area contributed by atoms with Crippen LogP contribution in [0.5, 0.6) is 0 Å². The fraction of sp³-hybridized carbons (Fsp3) is 0.455. The predicted molar refractivity (Wildman–Crippen MR) is 81.4 cm³/mol. The van der Waals surface area contributed by atoms with E-state index in [4.69, 9.17) is 0 Å². The first-order chi connectivity index (χ1) is 9.27. The lowest BCUT2D eigenvalue weighted by molar-refractivity contribution is 0.573. The molecular formula is C11H17BrN2O4S2. The van der Waals surface area contributed by atoms with Gasteiger partial charge in [0.05, 0.1) is 10.6 Å². The molecule has 0 saturated carbocycles. The van der Waals surface area contributed by atoms with E-state index in [2.05, 4.69) is 25.4 Å². The number of rotatable bonds is 8. The molecule has 6 nitrogen and oxygen atoms in total. The summed E-state index contributed by atoms with van der Waals surface area (Å²) in [4.78, 5) is 0.176. The molecule has 1 aromatic rings. The second-order valence-electron chi connectivity index (χ2n) is 4.00. The molecule has 0 radical (unpaired) electrons. The Hall–Kier alpha value is -0.480. The third kappa shape index (κ3) is 5.88. The molecule has 0 atom stereocenters. The van der Waals surface area contributed by atoms with E-state index in [1.54, 1.807) is 19.1 Å². The molecule has 1 aromatic carbocycles. The summed E-state index contributed by atoms with van der Waals surface area (Å²) in [5.41, 5.74) is 0. The van der Waals surface area contributed by atoms with Crippen LogP contribution in [-0.2, 0) is 20.0 Å². The molecule has 9 heteroatoms. The van der Waals surface area contributed by atoms with Crippen molar-refractivity contribution in [2.75, 3.05) is 18.8 Å². The van der Waals surface area contributed by atoms with E-state index in [0.717, 1.165) is 4.47 Å². The molecule has 114 valence electrons. The minimum Gasteiger partial charge on any atom is -0.215 e. The fourth-order valence-corrected chi connectivity index (χ4v) is 3.32. The van der Waals surface area contributed by atoms with Gasteiger partial charge < -0.3 is 0 Å². The van der Waals surface area contributed by atoms with E-state index in [-0.39, 0.29) is 23.7 Å². The van der Waals surface area contributed by atoms with Crippen LogP contribution >= 0.6 is 15.9 Å². The molecule has 20 heavy (non-hydrogen) atoms. The van der Waals surface area contributed by atoms with Gasteiger partial charge in [0.1, 0.15) is 0 Å². The lowest BCUT2D eigenvalue weighted by atomic mass is 10.4. The lowest BCUT2D eigenvalue weighted by Gasteiger charge is -2.07. The summed E-state index contributed by atoms with van der Waals surface area (Å²) >= 11 is 3.23. The molecule has 0 saturated heterocycles. The molecule has 2 N–H and O–H groups in total. The van der Waals surface area contributed by atoms with Gasteiger partial charge in [0.15, 0.2) is 0 Å². The number of hydrogen-bond donors (Lipinski definition) is 2. The van der Waals surface area contributed by atoms with Crippen molar-refractivity contribution in [1.29, 1.82) is 0 Å². The summed E-state index contributed by atoms with van der Waals surface area (Å²) in [6.07, 6.45) is 0.384. The van der Waals surface area contributed by atoms with Crippen molar-refractivity contribution in [3.05, 3.63) is 28.7 Å². The predicted octanol–water partition coefficient (Wildman–Crippen LogP) is 1.06. The molecule has 0 aliphatic rings. The Morgan fingerprint density at radius 3 is 2.10 bits per heavy atom. The molecule has 0 amide bonds. The quantitative estimate of drug-likeness (QED) is 0.655. The standard InChI is InChI=1S/C11H17BrN2O4S2/c1-2-19(15,16)13-8-3-9-14-20(17,18)11-6-4-10(12)5-7-11/h4-7,13-14H,2-3,8-9H2,1H3. The maximum Gasteiger partial charge on any atom is 0.240 e. The van der Waals surface area contributed by atoms with Crippen molar-refractivity contribution in [3.8, 4) is 0 Å². The van der Waals surface area contributed by atoms with E-state index in [1.807, 2.05) is 0 Å². The maximum absolute atomic E-state index is 11.9. The minimum atomic E-state index is -3.55. The summed E-state index contributed by atoms with van der Waals surface area (Å²) in [7, 11) is -6.77. The summed E-state index contributed by atoms with van der Waals surface area (Å²) in [6.45, 7) is 1.92. The van der Waals surface area contributed by atoms with E-state index >= 15 is 0 Å². The Labute approximate surface area is 128 Å². The van der Waals surface area contributed by atoms with Crippen LogP contribution in [0, 0.1) is 0 Å². The zero-order chi connectivity index (χ0) is 15.2. The molecule has 0 aromatic heterocycles. The highest BCUT2D eigenvalue weighted by atomic mass is 79.9. The van der Waals surface area contributed by atoms with E-state index in [0.29, 0.717) is 6.42 Å². The van der Waals surface area contributed by atoms with Gasteiger partial charge in [-0.15, -0.1) is 0 Å². The Kier molecular flexibility index (Phi) is 6.59. The third-order valence-electron chi connectivity index (χ3n) is 2.47. The van der Waals surface area contributed by atoms with Crippen LogP contribution in [0.1, 0.15) is 13.3 Å². The number of halogens is 1. The number of sulfonamides is 2. The first-order valence-electron chi connectivity index (χ1n) is 5.99. The van der Waals surface area contributed by atoms with Gasteiger partial charge in [0, 0.05) is 17.6 Å². The van der Waals surface area contributed by atoms with Crippen molar-refractivity contribution >= 4 is 36.0 Å².